The topological polar surface area (TPSA) is 0 Å². The lowest BCUT2D eigenvalue weighted by Gasteiger charge is -1.92. The van der Waals surface area contributed by atoms with Gasteiger partial charge in [-0.3, -0.25) is 0 Å². The maximum atomic E-state index is 11.7. The Hall–Kier alpha value is -0.100. The second-order valence-corrected chi connectivity index (χ2v) is 2.15. The minimum absolute atomic E-state index is 0.460. The SMILES string of the molecule is CCC#CC(F)(F)Br. The van der Waals surface area contributed by atoms with Crippen LogP contribution in [0.1, 0.15) is 13.3 Å². The summed E-state index contributed by atoms with van der Waals surface area (Å²) >= 11 is 2.07. The molecular weight excluding hydrogens is 178 g/mol. The molecule has 0 bridgehead atoms. The Morgan fingerprint density at radius 3 is 2.25 bits per heavy atom. The average molecular weight is 183 g/mol. The van der Waals surface area contributed by atoms with E-state index in [1.807, 2.05) is 0 Å². The van der Waals surface area contributed by atoms with E-state index in [9.17, 15) is 8.78 Å². The first kappa shape index (κ1) is 7.90. The molecule has 0 unspecified atom stereocenters. The fourth-order valence-corrected chi connectivity index (χ4v) is 0.329. The van der Waals surface area contributed by atoms with Gasteiger partial charge in [-0.25, -0.2) is 0 Å². The van der Waals surface area contributed by atoms with Crippen LogP contribution in [0.2, 0.25) is 0 Å². The summed E-state index contributed by atoms with van der Waals surface area (Å²) < 4.78 is 23.3. The molecule has 0 aliphatic rings. The van der Waals surface area contributed by atoms with Crippen LogP contribution in [0, 0.1) is 11.8 Å². The van der Waals surface area contributed by atoms with Crippen molar-refractivity contribution in [3.63, 3.8) is 0 Å². The number of alkyl halides is 3. The maximum Gasteiger partial charge on any atom is 0.363 e. The molecule has 0 nitrogen and oxygen atoms in total. The van der Waals surface area contributed by atoms with Crippen LogP contribution in [-0.4, -0.2) is 4.83 Å². The zero-order valence-corrected chi connectivity index (χ0v) is 5.93. The van der Waals surface area contributed by atoms with Crippen LogP contribution < -0.4 is 0 Å². The largest absolute Gasteiger partial charge is 0.363 e. The van der Waals surface area contributed by atoms with Crippen LogP contribution in [0.15, 0.2) is 0 Å². The number of rotatable bonds is 0. The van der Waals surface area contributed by atoms with Gasteiger partial charge in [-0.1, -0.05) is 12.8 Å². The van der Waals surface area contributed by atoms with Crippen molar-refractivity contribution >= 4 is 15.9 Å². The summed E-state index contributed by atoms with van der Waals surface area (Å²) in [7, 11) is 0. The van der Waals surface area contributed by atoms with E-state index in [2.05, 4.69) is 21.9 Å². The Kier molecular flexibility index (Phi) is 2.99. The normalized spacial score (nSPS) is 10.0. The summed E-state index contributed by atoms with van der Waals surface area (Å²) in [5.41, 5.74) is 0. The van der Waals surface area contributed by atoms with Crippen LogP contribution in [0.25, 0.3) is 0 Å². The predicted octanol–water partition coefficient (Wildman–Crippen LogP) is 2.39. The van der Waals surface area contributed by atoms with Gasteiger partial charge in [-0.05, 0) is 5.92 Å². The van der Waals surface area contributed by atoms with Gasteiger partial charge in [0.25, 0.3) is 0 Å². The smallest absolute Gasteiger partial charge is 0.180 e. The van der Waals surface area contributed by atoms with Crippen LogP contribution in [0.5, 0.6) is 0 Å². The third kappa shape index (κ3) is 5.90. The fourth-order valence-electron chi connectivity index (χ4n) is 0.189. The molecule has 0 aromatic carbocycles. The van der Waals surface area contributed by atoms with Gasteiger partial charge in [0.15, 0.2) is 0 Å². The first-order valence-corrected chi connectivity index (χ1v) is 2.92. The van der Waals surface area contributed by atoms with E-state index in [1.54, 1.807) is 12.8 Å². The third-order valence-corrected chi connectivity index (χ3v) is 0.605. The highest BCUT2D eigenvalue weighted by Crippen LogP contribution is 2.19. The Labute approximate surface area is 55.4 Å². The minimum Gasteiger partial charge on any atom is -0.180 e. The van der Waals surface area contributed by atoms with E-state index in [0.717, 1.165) is 0 Å². The molecule has 0 radical (unpaired) electrons. The van der Waals surface area contributed by atoms with E-state index in [4.69, 9.17) is 0 Å². The summed E-state index contributed by atoms with van der Waals surface area (Å²) in [6.07, 6.45) is 0.460. The molecule has 0 aliphatic carbocycles. The molecule has 0 aliphatic heterocycles. The molecule has 0 saturated heterocycles. The zero-order valence-electron chi connectivity index (χ0n) is 4.34. The Morgan fingerprint density at radius 2 is 2.12 bits per heavy atom. The van der Waals surface area contributed by atoms with Gasteiger partial charge in [-0.15, -0.1) is 0 Å². The van der Waals surface area contributed by atoms with Crippen molar-refractivity contribution in [1.29, 1.82) is 0 Å². The monoisotopic (exact) mass is 182 g/mol. The van der Waals surface area contributed by atoms with Crippen LogP contribution in [0.3, 0.4) is 0 Å². The molecule has 0 fully saturated rings. The van der Waals surface area contributed by atoms with E-state index in [0.29, 0.717) is 6.42 Å². The molecule has 0 heterocycles. The number of hydrogen-bond donors (Lipinski definition) is 0. The molecule has 0 aromatic heterocycles. The maximum absolute atomic E-state index is 11.7. The second kappa shape index (κ2) is 3.03. The first-order chi connectivity index (χ1) is 3.56. The van der Waals surface area contributed by atoms with Gasteiger partial charge < -0.3 is 0 Å². The Balaban J connectivity index is 3.69. The lowest BCUT2D eigenvalue weighted by Crippen LogP contribution is -1.97. The molecule has 8 heavy (non-hydrogen) atoms. The fraction of sp³-hybridized carbons (Fsp3) is 0.600. The zero-order chi connectivity index (χ0) is 6.62. The van der Waals surface area contributed by atoms with E-state index < -0.39 is 4.83 Å². The average Bonchev–Trinajstić information content (AvgIpc) is 1.59. The summed E-state index contributed by atoms with van der Waals surface area (Å²) in [5, 5.41) is 0. The lowest BCUT2D eigenvalue weighted by atomic mass is 10.5. The van der Waals surface area contributed by atoms with Crippen LogP contribution >= 0.6 is 15.9 Å². The van der Waals surface area contributed by atoms with Crippen molar-refractivity contribution < 1.29 is 8.78 Å². The van der Waals surface area contributed by atoms with Crippen molar-refractivity contribution in [2.45, 2.75) is 18.2 Å². The molecule has 0 atom stereocenters. The van der Waals surface area contributed by atoms with Crippen molar-refractivity contribution in [3.05, 3.63) is 0 Å². The van der Waals surface area contributed by atoms with E-state index in [-0.39, 0.29) is 0 Å². The quantitative estimate of drug-likeness (QED) is 0.399. The summed E-state index contributed by atoms with van der Waals surface area (Å²) in [5.74, 6) is 3.95. The van der Waals surface area contributed by atoms with Crippen LogP contribution in [-0.2, 0) is 0 Å². The van der Waals surface area contributed by atoms with Gasteiger partial charge in [-0.2, -0.15) is 8.78 Å². The molecule has 0 spiro atoms. The summed E-state index contributed by atoms with van der Waals surface area (Å²) in [6, 6.07) is 0. The Morgan fingerprint density at radius 1 is 1.62 bits per heavy atom. The van der Waals surface area contributed by atoms with Gasteiger partial charge >= 0.3 is 4.83 Å². The minimum atomic E-state index is -3.00. The van der Waals surface area contributed by atoms with Gasteiger partial charge in [0.05, 0.1) is 0 Å². The number of halogens is 3. The van der Waals surface area contributed by atoms with Crippen LogP contribution in [0.4, 0.5) is 8.78 Å². The van der Waals surface area contributed by atoms with Crippen molar-refractivity contribution in [1.82, 2.24) is 0 Å². The van der Waals surface area contributed by atoms with Crippen molar-refractivity contribution in [3.8, 4) is 11.8 Å². The van der Waals surface area contributed by atoms with Crippen molar-refractivity contribution in [2.75, 3.05) is 0 Å². The van der Waals surface area contributed by atoms with Gasteiger partial charge in [0, 0.05) is 22.4 Å². The second-order valence-electron chi connectivity index (χ2n) is 1.15. The Bertz CT molecular complexity index is 115. The molecule has 0 amide bonds. The molecule has 46 valence electrons. The summed E-state index contributed by atoms with van der Waals surface area (Å²) in [6.45, 7) is 1.71. The standard InChI is InChI=1S/C5H5BrF2/c1-2-3-4-5(6,7)8/h2H2,1H3. The van der Waals surface area contributed by atoms with E-state index >= 15 is 0 Å². The highest BCUT2D eigenvalue weighted by Gasteiger charge is 2.18. The summed E-state index contributed by atoms with van der Waals surface area (Å²) in [4.78, 5) is -3.00. The third-order valence-electron chi connectivity index (χ3n) is 0.407. The molecule has 0 rings (SSSR count). The van der Waals surface area contributed by atoms with E-state index in [1.165, 1.54) is 0 Å². The molecule has 0 saturated carbocycles. The highest BCUT2D eigenvalue weighted by atomic mass is 79.9. The van der Waals surface area contributed by atoms with Crippen molar-refractivity contribution in [2.24, 2.45) is 0 Å². The molecule has 0 aromatic rings. The van der Waals surface area contributed by atoms with Gasteiger partial charge in [0.1, 0.15) is 0 Å². The predicted molar refractivity (Wildman–Crippen MR) is 31.9 cm³/mol. The molecule has 3 heteroatoms. The first-order valence-electron chi connectivity index (χ1n) is 2.13. The highest BCUT2D eigenvalue weighted by molar-refractivity contribution is 9.10. The van der Waals surface area contributed by atoms with Gasteiger partial charge in [0.2, 0.25) is 0 Å². The molecular formula is C5H5BrF2. The molecule has 0 N–H and O–H groups in total. The lowest BCUT2D eigenvalue weighted by molar-refractivity contribution is 0.182. The number of hydrogen-bond acceptors (Lipinski definition) is 0.